The van der Waals surface area contributed by atoms with E-state index in [0.29, 0.717) is 18.7 Å². The topological polar surface area (TPSA) is 59.8 Å². The van der Waals surface area contributed by atoms with Gasteiger partial charge in [-0.2, -0.15) is 5.10 Å². The first-order chi connectivity index (χ1) is 11.3. The van der Waals surface area contributed by atoms with Gasteiger partial charge in [0.15, 0.2) is 0 Å². The molecule has 0 aliphatic carbocycles. The lowest BCUT2D eigenvalue weighted by atomic mass is 10.1. The number of carbonyl (C=O) groups excluding carboxylic acids is 1. The highest BCUT2D eigenvalue weighted by molar-refractivity contribution is 5.94. The van der Waals surface area contributed by atoms with E-state index in [1.807, 2.05) is 59.4 Å². The van der Waals surface area contributed by atoms with Gasteiger partial charge in [-0.3, -0.25) is 14.5 Å². The first kappa shape index (κ1) is 15.0. The van der Waals surface area contributed by atoms with Crippen molar-refractivity contribution in [3.05, 3.63) is 83.9 Å². The van der Waals surface area contributed by atoms with E-state index in [2.05, 4.69) is 15.4 Å². The highest BCUT2D eigenvalue weighted by atomic mass is 16.1. The van der Waals surface area contributed by atoms with Gasteiger partial charge in [0.25, 0.3) is 5.91 Å². The van der Waals surface area contributed by atoms with E-state index in [4.69, 9.17) is 0 Å². The normalized spacial score (nSPS) is 10.4. The Morgan fingerprint density at radius 2 is 1.91 bits per heavy atom. The molecule has 0 saturated carbocycles. The van der Waals surface area contributed by atoms with Crippen molar-refractivity contribution in [2.24, 2.45) is 0 Å². The third kappa shape index (κ3) is 4.26. The minimum absolute atomic E-state index is 0.0634. The predicted molar refractivity (Wildman–Crippen MR) is 88.0 cm³/mol. The number of benzene rings is 1. The maximum atomic E-state index is 12.1. The van der Waals surface area contributed by atoms with Gasteiger partial charge in [0, 0.05) is 42.8 Å². The Bertz CT molecular complexity index is 736. The minimum Gasteiger partial charge on any atom is -0.352 e. The molecule has 1 N–H and O–H groups in total. The summed E-state index contributed by atoms with van der Waals surface area (Å²) in [6.07, 6.45) is 6.15. The number of nitrogens with one attached hydrogen (secondary N) is 1. The van der Waals surface area contributed by atoms with Crippen LogP contribution in [-0.2, 0) is 13.0 Å². The Balaban J connectivity index is 1.51. The molecular formula is C18H18N4O. The Hall–Kier alpha value is -2.95. The molecular weight excluding hydrogens is 288 g/mol. The second-order valence-corrected chi connectivity index (χ2v) is 5.23. The van der Waals surface area contributed by atoms with Gasteiger partial charge in [0.2, 0.25) is 0 Å². The molecule has 0 saturated heterocycles. The molecule has 116 valence electrons. The monoisotopic (exact) mass is 306 g/mol. The molecule has 3 aromatic rings. The number of rotatable bonds is 6. The standard InChI is InChI=1S/C18H18N4O/c23-18(20-12-9-17-4-1-2-10-19-17)16-7-5-15(6-8-16)14-22-13-3-11-21-22/h1-8,10-11,13H,9,12,14H2,(H,20,23). The first-order valence-corrected chi connectivity index (χ1v) is 7.56. The van der Waals surface area contributed by atoms with E-state index in [1.54, 1.807) is 12.4 Å². The van der Waals surface area contributed by atoms with Crippen LogP contribution in [0, 0.1) is 0 Å². The van der Waals surface area contributed by atoms with Gasteiger partial charge in [0.05, 0.1) is 6.54 Å². The Morgan fingerprint density at radius 3 is 2.61 bits per heavy atom. The molecule has 3 rings (SSSR count). The summed E-state index contributed by atoms with van der Waals surface area (Å²) in [6, 6.07) is 15.3. The van der Waals surface area contributed by atoms with Crippen molar-refractivity contribution in [1.29, 1.82) is 0 Å². The summed E-state index contributed by atoms with van der Waals surface area (Å²) in [5.74, 6) is -0.0634. The summed E-state index contributed by atoms with van der Waals surface area (Å²) in [6.45, 7) is 1.28. The van der Waals surface area contributed by atoms with Crippen LogP contribution in [-0.4, -0.2) is 27.2 Å². The van der Waals surface area contributed by atoms with Crippen molar-refractivity contribution in [2.75, 3.05) is 6.54 Å². The summed E-state index contributed by atoms with van der Waals surface area (Å²) >= 11 is 0. The predicted octanol–water partition coefficient (Wildman–Crippen LogP) is 2.30. The van der Waals surface area contributed by atoms with E-state index in [-0.39, 0.29) is 5.91 Å². The average molecular weight is 306 g/mol. The number of hydrogen-bond donors (Lipinski definition) is 1. The number of nitrogens with zero attached hydrogens (tertiary/aromatic N) is 3. The van der Waals surface area contributed by atoms with Crippen molar-refractivity contribution in [2.45, 2.75) is 13.0 Å². The van der Waals surface area contributed by atoms with Gasteiger partial charge in [-0.25, -0.2) is 0 Å². The molecule has 0 atom stereocenters. The van der Waals surface area contributed by atoms with Crippen LogP contribution in [0.4, 0.5) is 0 Å². The van der Waals surface area contributed by atoms with Crippen molar-refractivity contribution in [3.8, 4) is 0 Å². The lowest BCUT2D eigenvalue weighted by Gasteiger charge is -2.06. The molecule has 0 bridgehead atoms. The van der Waals surface area contributed by atoms with Gasteiger partial charge in [-0.1, -0.05) is 18.2 Å². The smallest absolute Gasteiger partial charge is 0.251 e. The molecule has 0 aliphatic rings. The largest absolute Gasteiger partial charge is 0.352 e. The zero-order chi connectivity index (χ0) is 15.9. The summed E-state index contributed by atoms with van der Waals surface area (Å²) < 4.78 is 1.85. The van der Waals surface area contributed by atoms with Gasteiger partial charge < -0.3 is 5.32 Å². The Kier molecular flexibility index (Phi) is 4.79. The van der Waals surface area contributed by atoms with Crippen LogP contribution < -0.4 is 5.32 Å². The summed E-state index contributed by atoms with van der Waals surface area (Å²) in [4.78, 5) is 16.3. The van der Waals surface area contributed by atoms with E-state index >= 15 is 0 Å². The molecule has 0 fully saturated rings. The minimum atomic E-state index is -0.0634. The van der Waals surface area contributed by atoms with Crippen LogP contribution in [0.3, 0.4) is 0 Å². The van der Waals surface area contributed by atoms with Crippen LogP contribution in [0.15, 0.2) is 67.1 Å². The third-order valence-corrected chi connectivity index (χ3v) is 3.51. The van der Waals surface area contributed by atoms with Crippen molar-refractivity contribution in [1.82, 2.24) is 20.1 Å². The van der Waals surface area contributed by atoms with Crippen LogP contribution in [0.5, 0.6) is 0 Å². The molecule has 2 aromatic heterocycles. The molecule has 2 heterocycles. The number of pyridine rings is 1. The summed E-state index contributed by atoms with van der Waals surface area (Å²) in [5, 5.41) is 7.09. The summed E-state index contributed by atoms with van der Waals surface area (Å²) in [5.41, 5.74) is 2.75. The van der Waals surface area contributed by atoms with Gasteiger partial charge in [0.1, 0.15) is 0 Å². The Morgan fingerprint density at radius 1 is 1.04 bits per heavy atom. The molecule has 0 aliphatic heterocycles. The molecule has 0 radical (unpaired) electrons. The fourth-order valence-corrected chi connectivity index (χ4v) is 2.29. The molecule has 23 heavy (non-hydrogen) atoms. The van der Waals surface area contributed by atoms with Crippen molar-refractivity contribution in [3.63, 3.8) is 0 Å². The van der Waals surface area contributed by atoms with Gasteiger partial charge in [-0.05, 0) is 35.9 Å². The second-order valence-electron chi connectivity index (χ2n) is 5.23. The second kappa shape index (κ2) is 7.35. The Labute approximate surface area is 135 Å². The number of aromatic nitrogens is 3. The zero-order valence-corrected chi connectivity index (χ0v) is 12.7. The van der Waals surface area contributed by atoms with Gasteiger partial charge >= 0.3 is 0 Å². The van der Waals surface area contributed by atoms with Crippen LogP contribution in [0.2, 0.25) is 0 Å². The average Bonchev–Trinajstić information content (AvgIpc) is 3.09. The molecule has 0 unspecified atom stereocenters. The summed E-state index contributed by atoms with van der Waals surface area (Å²) in [7, 11) is 0. The molecule has 1 aromatic carbocycles. The molecule has 5 nitrogen and oxygen atoms in total. The van der Waals surface area contributed by atoms with Crippen LogP contribution >= 0.6 is 0 Å². The van der Waals surface area contributed by atoms with E-state index in [1.165, 1.54) is 0 Å². The van der Waals surface area contributed by atoms with Crippen LogP contribution in [0.1, 0.15) is 21.6 Å². The van der Waals surface area contributed by atoms with Crippen molar-refractivity contribution < 1.29 is 4.79 Å². The highest BCUT2D eigenvalue weighted by Crippen LogP contribution is 2.06. The third-order valence-electron chi connectivity index (χ3n) is 3.51. The van der Waals surface area contributed by atoms with Crippen LogP contribution in [0.25, 0.3) is 0 Å². The molecule has 0 spiro atoms. The first-order valence-electron chi connectivity index (χ1n) is 7.56. The number of amides is 1. The number of carbonyl (C=O) groups is 1. The fourth-order valence-electron chi connectivity index (χ4n) is 2.29. The fraction of sp³-hybridized carbons (Fsp3) is 0.167. The highest BCUT2D eigenvalue weighted by Gasteiger charge is 2.05. The maximum absolute atomic E-state index is 12.1. The van der Waals surface area contributed by atoms with E-state index in [0.717, 1.165) is 17.7 Å². The lowest BCUT2D eigenvalue weighted by molar-refractivity contribution is 0.0954. The molecule has 1 amide bonds. The molecule has 5 heteroatoms. The SMILES string of the molecule is O=C(NCCc1ccccn1)c1ccc(Cn2cccn2)cc1. The quantitative estimate of drug-likeness (QED) is 0.760. The zero-order valence-electron chi connectivity index (χ0n) is 12.7. The van der Waals surface area contributed by atoms with Crippen molar-refractivity contribution >= 4 is 5.91 Å². The van der Waals surface area contributed by atoms with Gasteiger partial charge in [-0.15, -0.1) is 0 Å². The van der Waals surface area contributed by atoms with E-state index in [9.17, 15) is 4.79 Å². The lowest BCUT2D eigenvalue weighted by Crippen LogP contribution is -2.25. The van der Waals surface area contributed by atoms with E-state index < -0.39 is 0 Å². The maximum Gasteiger partial charge on any atom is 0.251 e. The number of hydrogen-bond acceptors (Lipinski definition) is 3.